The summed E-state index contributed by atoms with van der Waals surface area (Å²) >= 11 is 1.59. The van der Waals surface area contributed by atoms with Crippen LogP contribution in [0, 0.1) is 24.7 Å². The molecule has 0 amide bonds. The van der Waals surface area contributed by atoms with Gasteiger partial charge in [0.25, 0.3) is 0 Å². The molecule has 1 aromatic rings. The number of hydrogen-bond donors (Lipinski definition) is 0. The second kappa shape index (κ2) is 10.5. The minimum atomic E-state index is 0.908. The Bertz CT molecular complexity index is 608. The summed E-state index contributed by atoms with van der Waals surface area (Å²) in [5.41, 5.74) is 1.20. The average Bonchev–Trinajstić information content (AvgIpc) is 3.09. The van der Waals surface area contributed by atoms with Gasteiger partial charge in [-0.15, -0.1) is 12.8 Å². The van der Waals surface area contributed by atoms with Gasteiger partial charge in [-0.05, 0) is 42.8 Å². The van der Waals surface area contributed by atoms with Gasteiger partial charge in [0.1, 0.15) is 5.82 Å². The molecule has 0 unspecified atom stereocenters. The predicted molar refractivity (Wildman–Crippen MR) is 117 cm³/mol. The summed E-state index contributed by atoms with van der Waals surface area (Å²) in [5, 5.41) is 0. The Balaban J connectivity index is 0.00000117. The van der Waals surface area contributed by atoms with E-state index in [2.05, 4.69) is 55.2 Å². The Morgan fingerprint density at radius 2 is 1.88 bits per heavy atom. The highest BCUT2D eigenvalue weighted by Crippen LogP contribution is 2.32. The fourth-order valence-corrected chi connectivity index (χ4v) is 5.00. The lowest BCUT2D eigenvalue weighted by atomic mass is 9.80. The Morgan fingerprint density at radius 1 is 1.19 bits per heavy atom. The van der Waals surface area contributed by atoms with Gasteiger partial charge >= 0.3 is 0 Å². The van der Waals surface area contributed by atoms with E-state index in [1.165, 1.54) is 42.7 Å². The molecule has 2 heterocycles. The first-order chi connectivity index (χ1) is 12.7. The smallest absolute Gasteiger partial charge is 0.150 e. The van der Waals surface area contributed by atoms with E-state index in [1.807, 2.05) is 6.08 Å². The van der Waals surface area contributed by atoms with Crippen molar-refractivity contribution in [2.45, 2.75) is 39.5 Å². The van der Waals surface area contributed by atoms with E-state index >= 15 is 0 Å². The van der Waals surface area contributed by atoms with E-state index in [0.717, 1.165) is 43.8 Å². The lowest BCUT2D eigenvalue weighted by Gasteiger charge is -2.39. The van der Waals surface area contributed by atoms with Crippen molar-refractivity contribution in [3.63, 3.8) is 0 Å². The van der Waals surface area contributed by atoms with Crippen LogP contribution in [0.3, 0.4) is 0 Å². The maximum Gasteiger partial charge on any atom is 0.150 e. The molecule has 2 fully saturated rings. The van der Waals surface area contributed by atoms with Crippen molar-refractivity contribution in [1.29, 1.82) is 0 Å². The van der Waals surface area contributed by atoms with Gasteiger partial charge in [-0.1, -0.05) is 44.9 Å². The molecule has 0 aromatic carbocycles. The molecule has 2 atom stereocenters. The molecular formula is C22H33N3S. The number of anilines is 1. The molecule has 1 saturated heterocycles. The molecule has 0 radical (unpaired) electrons. The fourth-order valence-electron chi connectivity index (χ4n) is 4.13. The average molecular weight is 372 g/mol. The van der Waals surface area contributed by atoms with Crippen LogP contribution in [0.5, 0.6) is 0 Å². The maximum atomic E-state index is 4.71. The third-order valence-corrected chi connectivity index (χ3v) is 6.53. The van der Waals surface area contributed by atoms with Crippen molar-refractivity contribution in [2.24, 2.45) is 11.8 Å². The number of piperazine rings is 1. The van der Waals surface area contributed by atoms with E-state index < -0.39 is 0 Å². The number of aromatic nitrogens is 1. The summed E-state index contributed by atoms with van der Waals surface area (Å²) in [6.07, 6.45) is 19.9. The largest absolute Gasteiger partial charge is 0.353 e. The summed E-state index contributed by atoms with van der Waals surface area (Å²) < 4.78 is 4.71. The summed E-state index contributed by atoms with van der Waals surface area (Å²) in [6, 6.07) is 0. The molecular weight excluding hydrogens is 338 g/mol. The number of rotatable bonds is 5. The van der Waals surface area contributed by atoms with Gasteiger partial charge in [0.2, 0.25) is 0 Å². The highest BCUT2D eigenvalue weighted by molar-refractivity contribution is 7.07. The van der Waals surface area contributed by atoms with Crippen LogP contribution in [0.2, 0.25) is 0 Å². The second-order valence-electron chi connectivity index (χ2n) is 7.30. The Kier molecular flexibility index (Phi) is 8.41. The maximum absolute atomic E-state index is 4.71. The molecule has 0 bridgehead atoms. The van der Waals surface area contributed by atoms with E-state index in [1.54, 1.807) is 11.5 Å². The first-order valence-corrected chi connectivity index (χ1v) is 10.6. The first-order valence-electron chi connectivity index (χ1n) is 9.78. The highest BCUT2D eigenvalue weighted by Gasteiger charge is 2.27. The van der Waals surface area contributed by atoms with Crippen molar-refractivity contribution in [3.05, 3.63) is 23.1 Å². The molecule has 3 rings (SSSR count). The van der Waals surface area contributed by atoms with E-state index in [0.29, 0.717) is 0 Å². The topological polar surface area (TPSA) is 19.4 Å². The quantitative estimate of drug-likeness (QED) is 0.678. The van der Waals surface area contributed by atoms with Crippen LogP contribution in [0.15, 0.2) is 12.7 Å². The van der Waals surface area contributed by atoms with Crippen molar-refractivity contribution in [1.82, 2.24) is 9.27 Å². The molecule has 0 N–H and O–H groups in total. The van der Waals surface area contributed by atoms with Crippen LogP contribution in [0.4, 0.5) is 5.82 Å². The van der Waals surface area contributed by atoms with Crippen molar-refractivity contribution in [2.75, 3.05) is 37.6 Å². The normalized spacial score (nSPS) is 24.2. The number of nitrogens with zero attached hydrogens (tertiary/aromatic N) is 3. The Hall–Kier alpha value is -1.57. The van der Waals surface area contributed by atoms with E-state index in [9.17, 15) is 0 Å². The zero-order chi connectivity index (χ0) is 18.9. The van der Waals surface area contributed by atoms with Gasteiger partial charge in [-0.2, -0.15) is 4.37 Å². The summed E-state index contributed by atoms with van der Waals surface area (Å²) in [4.78, 5) is 6.35. The van der Waals surface area contributed by atoms with Crippen LogP contribution < -0.4 is 4.90 Å². The number of hydrogen-bond acceptors (Lipinski definition) is 4. The fraction of sp³-hybridized carbons (Fsp3) is 0.591. The summed E-state index contributed by atoms with van der Waals surface area (Å²) in [6.45, 7) is 14.3. The van der Waals surface area contributed by atoms with Crippen molar-refractivity contribution in [3.8, 4) is 12.8 Å². The molecule has 4 heteroatoms. The highest BCUT2D eigenvalue weighted by atomic mass is 32.1. The number of terminal acetylenes is 1. The molecule has 1 aromatic heterocycles. The molecule has 1 aliphatic carbocycles. The molecule has 142 valence electrons. The van der Waals surface area contributed by atoms with Crippen LogP contribution in [-0.4, -0.2) is 42.0 Å². The van der Waals surface area contributed by atoms with Gasteiger partial charge in [0.15, 0.2) is 0 Å². The minimum Gasteiger partial charge on any atom is -0.353 e. The van der Waals surface area contributed by atoms with Crippen molar-refractivity contribution >= 4 is 29.5 Å². The lowest BCUT2D eigenvalue weighted by molar-refractivity contribution is 0.154. The molecule has 0 spiro atoms. The Labute approximate surface area is 164 Å². The minimum absolute atomic E-state index is 0.908. The molecule has 1 aliphatic heterocycles. The monoisotopic (exact) mass is 371 g/mol. The molecule has 26 heavy (non-hydrogen) atoms. The van der Waals surface area contributed by atoms with Crippen molar-refractivity contribution < 1.29 is 0 Å². The van der Waals surface area contributed by atoms with Gasteiger partial charge in [-0.3, -0.25) is 4.90 Å². The standard InChI is InChI=1S/C20H31N3S.C2H2/c1-4-8-19-18(5-2)20(21-24-19)23-13-11-22(12-14-23)15-17-10-7-6-9-16(17)3;1-2/h4-5,8,16-17H,2,6-7,9-15H2,1,3H3;1-2H/b8-4-;/t16-,17+;/m1./s1. The third-order valence-electron chi connectivity index (χ3n) is 5.71. The van der Waals surface area contributed by atoms with Gasteiger partial charge in [0, 0.05) is 38.3 Å². The van der Waals surface area contributed by atoms with Crippen LogP contribution in [0.25, 0.3) is 12.2 Å². The lowest BCUT2D eigenvalue weighted by Crippen LogP contribution is -2.48. The summed E-state index contributed by atoms with van der Waals surface area (Å²) in [5.74, 6) is 2.95. The van der Waals surface area contributed by atoms with Crippen LogP contribution in [0.1, 0.15) is 50.0 Å². The first kappa shape index (κ1) is 20.7. The van der Waals surface area contributed by atoms with Gasteiger partial charge < -0.3 is 4.90 Å². The molecule has 3 nitrogen and oxygen atoms in total. The van der Waals surface area contributed by atoms with Gasteiger partial charge in [-0.25, -0.2) is 0 Å². The van der Waals surface area contributed by atoms with Crippen LogP contribution >= 0.6 is 11.5 Å². The third kappa shape index (κ3) is 4.99. The van der Waals surface area contributed by atoms with Gasteiger partial charge in [0.05, 0.1) is 4.88 Å². The zero-order valence-electron chi connectivity index (χ0n) is 16.4. The Morgan fingerprint density at radius 3 is 2.50 bits per heavy atom. The van der Waals surface area contributed by atoms with E-state index in [4.69, 9.17) is 4.37 Å². The SMILES string of the molecule is C#C.C=Cc1c(N2CCN(C[C@@H]3CCCC[C@H]3C)CC2)nsc1/C=C\C. The molecule has 2 aliphatic rings. The summed E-state index contributed by atoms with van der Waals surface area (Å²) in [7, 11) is 0. The molecule has 1 saturated carbocycles. The van der Waals surface area contributed by atoms with Crippen LogP contribution in [-0.2, 0) is 0 Å². The number of allylic oxidation sites excluding steroid dienone is 1. The zero-order valence-corrected chi connectivity index (χ0v) is 17.2. The van der Waals surface area contributed by atoms with E-state index in [-0.39, 0.29) is 0 Å². The second-order valence-corrected chi connectivity index (χ2v) is 8.10. The predicted octanol–water partition coefficient (Wildman–Crippen LogP) is 5.02.